The van der Waals surface area contributed by atoms with Gasteiger partial charge < -0.3 is 24.0 Å². The van der Waals surface area contributed by atoms with Gasteiger partial charge in [-0.05, 0) is 52.7 Å². The van der Waals surface area contributed by atoms with Crippen molar-refractivity contribution in [3.05, 3.63) is 149 Å². The molecule has 0 aliphatic carbocycles. The third kappa shape index (κ3) is 9.32. The molecule has 0 bridgehead atoms. The molecule has 4 atom stereocenters. The maximum absolute atomic E-state index is 13.9. The molecule has 0 radical (unpaired) electrons. The number of aryl methyl sites for hydroxylation is 1. The number of aromatic nitrogens is 2. The van der Waals surface area contributed by atoms with E-state index in [2.05, 4.69) is 10.3 Å². The van der Waals surface area contributed by atoms with Gasteiger partial charge in [0.2, 0.25) is 0 Å². The molecule has 314 valence electrons. The first kappa shape index (κ1) is 43.8. The summed E-state index contributed by atoms with van der Waals surface area (Å²) < 4.78 is 60.3. The normalized spacial score (nSPS) is 19.3. The Balaban J connectivity index is 1.50. The monoisotopic (exact) mass is 853 g/mol. The predicted molar refractivity (Wildman–Crippen MR) is 225 cm³/mol. The van der Waals surface area contributed by atoms with Crippen LogP contribution < -0.4 is 21.4 Å². The highest BCUT2D eigenvalue weighted by Crippen LogP contribution is 2.44. The van der Waals surface area contributed by atoms with E-state index in [4.69, 9.17) is 22.8 Å². The molecule has 0 saturated carbocycles. The van der Waals surface area contributed by atoms with E-state index in [-0.39, 0.29) is 10.7 Å². The van der Waals surface area contributed by atoms with E-state index in [0.29, 0.717) is 5.56 Å². The maximum Gasteiger partial charge on any atom is 0.351 e. The Labute approximate surface area is 349 Å². The summed E-state index contributed by atoms with van der Waals surface area (Å²) in [4.78, 5) is 56.6. The van der Waals surface area contributed by atoms with Crippen molar-refractivity contribution in [1.82, 2.24) is 9.55 Å². The van der Waals surface area contributed by atoms with Crippen molar-refractivity contribution in [2.75, 3.05) is 18.5 Å². The van der Waals surface area contributed by atoms with Crippen LogP contribution in [-0.4, -0.2) is 75.2 Å². The molecular weight excluding hydrogens is 807 g/mol. The van der Waals surface area contributed by atoms with Crippen LogP contribution in [0.25, 0.3) is 0 Å². The molecule has 1 saturated heterocycles. The van der Waals surface area contributed by atoms with Gasteiger partial charge in [-0.15, -0.1) is 0 Å². The number of nitrogens with zero attached hydrogens (tertiary/aromatic N) is 2. The minimum Gasteiger partial charge on any atom is -0.455 e. The largest absolute Gasteiger partial charge is 0.455 e. The minimum atomic E-state index is -4.51. The van der Waals surface area contributed by atoms with Crippen molar-refractivity contribution in [3.8, 4) is 0 Å². The average molecular weight is 854 g/mol. The van der Waals surface area contributed by atoms with E-state index in [0.717, 1.165) is 34.4 Å². The fourth-order valence-electron chi connectivity index (χ4n) is 7.37. The fourth-order valence-corrected chi connectivity index (χ4v) is 13.0. The molecule has 60 heavy (non-hydrogen) atoms. The van der Waals surface area contributed by atoms with Gasteiger partial charge in [0.1, 0.15) is 12.4 Å². The number of carbonyl (C=O) groups is 3. The van der Waals surface area contributed by atoms with Crippen LogP contribution in [-0.2, 0) is 42.5 Å². The van der Waals surface area contributed by atoms with E-state index >= 15 is 0 Å². The second-order valence-corrected chi connectivity index (χ2v) is 21.4. The molecule has 1 N–H and O–H groups in total. The summed E-state index contributed by atoms with van der Waals surface area (Å²) >= 11 is 0. The molecule has 0 spiro atoms. The van der Waals surface area contributed by atoms with Gasteiger partial charge in [0, 0.05) is 25.6 Å². The standard InChI is InChI=1S/C44H47N3O11SSi/c1-30-22-24-34(25-23-30)59(52,53)54-28-44(29-55-60(43(4,5)6,35-18-12-8-13-19-35)36-20-14-9-15-21-36)39(57-32(3)49)38(56-31(2)48)41(58-44)47-27-26-37(46-42(47)51)45-40(50)33-16-10-7-11-17-33/h7-27,38-39,41H,28-29H2,1-6H3,(H,45,46,50,51)/t38-,39+,41-,44-/m1/s1. The highest BCUT2D eigenvalue weighted by molar-refractivity contribution is 7.86. The number of esters is 2. The Kier molecular flexibility index (Phi) is 13.0. The van der Waals surface area contributed by atoms with E-state index in [1.807, 2.05) is 81.4 Å². The molecule has 6 rings (SSSR count). The number of nitrogens with one attached hydrogen (secondary N) is 1. The molecule has 1 aliphatic heterocycles. The molecule has 1 aromatic heterocycles. The van der Waals surface area contributed by atoms with Crippen LogP contribution in [0.4, 0.5) is 5.82 Å². The summed E-state index contributed by atoms with van der Waals surface area (Å²) in [5.41, 5.74) is -1.87. The van der Waals surface area contributed by atoms with Crippen molar-refractivity contribution in [1.29, 1.82) is 0 Å². The Hall–Kier alpha value is -5.78. The molecule has 1 amide bonds. The van der Waals surface area contributed by atoms with Crippen LogP contribution in [0.5, 0.6) is 0 Å². The Morgan fingerprint density at radius 2 is 1.35 bits per heavy atom. The lowest BCUT2D eigenvalue weighted by Gasteiger charge is -2.45. The summed E-state index contributed by atoms with van der Waals surface area (Å²) in [5.74, 6) is -2.26. The molecule has 16 heteroatoms. The number of benzene rings is 4. The van der Waals surface area contributed by atoms with Crippen molar-refractivity contribution >= 4 is 52.5 Å². The van der Waals surface area contributed by atoms with Crippen molar-refractivity contribution in [3.63, 3.8) is 0 Å². The Bertz CT molecular complexity index is 2440. The summed E-state index contributed by atoms with van der Waals surface area (Å²) in [7, 11) is -7.96. The number of carbonyl (C=O) groups excluding carboxylic acids is 3. The first-order valence-corrected chi connectivity index (χ1v) is 22.5. The SMILES string of the molecule is CC(=O)O[C@H]1[C@H](n2ccc(NC(=O)c3ccccc3)nc2=O)O[C@@](CO[Si](c2ccccc2)(c2ccccc2)C(C)(C)C)(COS(=O)(=O)c2ccc(C)cc2)[C@H]1OC(C)=O. The number of rotatable bonds is 14. The number of hydrogen-bond donors (Lipinski definition) is 1. The number of ether oxygens (including phenoxy) is 3. The lowest BCUT2D eigenvalue weighted by molar-refractivity contribution is -0.174. The van der Waals surface area contributed by atoms with E-state index in [1.165, 1.54) is 24.4 Å². The lowest BCUT2D eigenvalue weighted by atomic mass is 9.96. The lowest BCUT2D eigenvalue weighted by Crippen LogP contribution is -2.68. The van der Waals surface area contributed by atoms with Crippen LogP contribution in [0.2, 0.25) is 5.04 Å². The van der Waals surface area contributed by atoms with E-state index in [9.17, 15) is 27.6 Å². The quantitative estimate of drug-likeness (QED) is 0.0908. The second kappa shape index (κ2) is 17.8. The predicted octanol–water partition coefficient (Wildman–Crippen LogP) is 4.92. The molecule has 1 aliphatic rings. The molecule has 1 fully saturated rings. The van der Waals surface area contributed by atoms with E-state index < -0.39 is 84.3 Å². The van der Waals surface area contributed by atoms with Gasteiger partial charge in [-0.25, -0.2) is 4.79 Å². The highest BCUT2D eigenvalue weighted by Gasteiger charge is 2.63. The Morgan fingerprint density at radius 1 is 0.800 bits per heavy atom. The summed E-state index contributed by atoms with van der Waals surface area (Å²) in [6, 6.07) is 34.9. The Morgan fingerprint density at radius 3 is 1.87 bits per heavy atom. The zero-order valence-electron chi connectivity index (χ0n) is 34.1. The van der Waals surface area contributed by atoms with E-state index in [1.54, 1.807) is 49.4 Å². The van der Waals surface area contributed by atoms with Gasteiger partial charge in [-0.1, -0.05) is 117 Å². The first-order valence-electron chi connectivity index (χ1n) is 19.1. The second-order valence-electron chi connectivity index (χ2n) is 15.5. The number of anilines is 1. The molecular formula is C44H47N3O11SSi. The smallest absolute Gasteiger partial charge is 0.351 e. The van der Waals surface area contributed by atoms with Crippen molar-refractivity contribution in [2.24, 2.45) is 0 Å². The van der Waals surface area contributed by atoms with Gasteiger partial charge in [0.15, 0.2) is 24.0 Å². The summed E-state index contributed by atoms with van der Waals surface area (Å²) in [5, 5.41) is 3.74. The maximum atomic E-state index is 13.9. The van der Waals surface area contributed by atoms with Crippen LogP contribution in [0, 0.1) is 6.92 Å². The zero-order chi connectivity index (χ0) is 43.3. The van der Waals surface area contributed by atoms with Gasteiger partial charge in [0.25, 0.3) is 24.3 Å². The van der Waals surface area contributed by atoms with Gasteiger partial charge in [0.05, 0.1) is 11.5 Å². The van der Waals surface area contributed by atoms with Crippen molar-refractivity contribution in [2.45, 2.75) is 75.5 Å². The third-order valence-electron chi connectivity index (χ3n) is 10.1. The van der Waals surface area contributed by atoms with Crippen LogP contribution in [0.3, 0.4) is 0 Å². The van der Waals surface area contributed by atoms with Crippen LogP contribution >= 0.6 is 0 Å². The van der Waals surface area contributed by atoms with Gasteiger partial charge >= 0.3 is 17.6 Å². The molecule has 14 nitrogen and oxygen atoms in total. The van der Waals surface area contributed by atoms with Gasteiger partial charge in [-0.2, -0.15) is 13.4 Å². The topological polar surface area (TPSA) is 178 Å². The summed E-state index contributed by atoms with van der Waals surface area (Å²) in [6.45, 7) is 8.88. The molecule has 0 unspecified atom stereocenters. The number of hydrogen-bond acceptors (Lipinski definition) is 12. The van der Waals surface area contributed by atoms with Crippen molar-refractivity contribution < 1.29 is 45.6 Å². The zero-order valence-corrected chi connectivity index (χ0v) is 35.9. The third-order valence-corrected chi connectivity index (χ3v) is 16.4. The molecule has 5 aromatic rings. The minimum absolute atomic E-state index is 0.0857. The number of amides is 1. The average Bonchev–Trinajstić information content (AvgIpc) is 3.49. The fraction of sp³-hybridized carbons (Fsp3) is 0.295. The molecule has 4 aromatic carbocycles. The molecule has 2 heterocycles. The summed E-state index contributed by atoms with van der Waals surface area (Å²) in [6.07, 6.45) is -3.49. The first-order chi connectivity index (χ1) is 28.5. The highest BCUT2D eigenvalue weighted by atomic mass is 32.2. The van der Waals surface area contributed by atoms with Gasteiger partial charge in [-0.3, -0.25) is 23.1 Å². The van der Waals surface area contributed by atoms with Crippen LogP contribution in [0.1, 0.15) is 56.8 Å². The van der Waals surface area contributed by atoms with Crippen LogP contribution in [0.15, 0.2) is 137 Å².